The van der Waals surface area contributed by atoms with Crippen molar-refractivity contribution in [1.29, 1.82) is 0 Å². The van der Waals surface area contributed by atoms with Gasteiger partial charge in [0.2, 0.25) is 0 Å². The van der Waals surface area contributed by atoms with E-state index in [1.165, 1.54) is 12.8 Å². The maximum absolute atomic E-state index is 12.0. The number of hydrogen-bond donors (Lipinski definition) is 3. The van der Waals surface area contributed by atoms with Gasteiger partial charge in [0.25, 0.3) is 5.91 Å². The van der Waals surface area contributed by atoms with Gasteiger partial charge in [0.15, 0.2) is 0 Å². The van der Waals surface area contributed by atoms with Crippen molar-refractivity contribution >= 4 is 5.91 Å². The van der Waals surface area contributed by atoms with Crippen LogP contribution in [0.2, 0.25) is 0 Å². The minimum atomic E-state index is 0.00236. The highest BCUT2D eigenvalue weighted by Gasteiger charge is 2.34. The Hall–Kier alpha value is -1.36. The van der Waals surface area contributed by atoms with Gasteiger partial charge in [0.1, 0.15) is 0 Å². The topological polar surface area (TPSA) is 69.8 Å². The number of aromatic nitrogens is 2. The van der Waals surface area contributed by atoms with Gasteiger partial charge in [-0.1, -0.05) is 0 Å². The minimum Gasteiger partial charge on any atom is -0.349 e. The second-order valence-electron chi connectivity index (χ2n) is 5.19. The fourth-order valence-electron chi connectivity index (χ4n) is 3.02. The molecule has 1 aromatic rings. The zero-order valence-electron chi connectivity index (χ0n) is 9.99. The fourth-order valence-corrected chi connectivity index (χ4v) is 3.02. The molecule has 2 fully saturated rings. The zero-order chi connectivity index (χ0) is 11.8. The van der Waals surface area contributed by atoms with E-state index in [0.29, 0.717) is 23.7 Å². The minimum absolute atomic E-state index is 0.00236. The highest BCUT2D eigenvalue weighted by molar-refractivity contribution is 5.95. The Morgan fingerprint density at radius 2 is 2.12 bits per heavy atom. The first kappa shape index (κ1) is 10.8. The Balaban J connectivity index is 1.64. The number of aryl methyl sites for hydroxylation is 1. The summed E-state index contributed by atoms with van der Waals surface area (Å²) in [6.45, 7) is 1.87. The van der Waals surface area contributed by atoms with Gasteiger partial charge in [-0.05, 0) is 32.6 Å². The summed E-state index contributed by atoms with van der Waals surface area (Å²) in [5.41, 5.74) is 1.50. The molecule has 1 amide bonds. The molecule has 3 heterocycles. The Labute approximate surface area is 100 Å². The number of aromatic amines is 1. The maximum atomic E-state index is 12.0. The summed E-state index contributed by atoms with van der Waals surface area (Å²) in [6, 6.07) is 1.52. The summed E-state index contributed by atoms with van der Waals surface area (Å²) < 4.78 is 0. The second-order valence-corrected chi connectivity index (χ2v) is 5.19. The summed E-state index contributed by atoms with van der Waals surface area (Å²) in [5.74, 6) is 0.00236. The molecular formula is C12H18N4O. The van der Waals surface area contributed by atoms with Crippen molar-refractivity contribution < 1.29 is 4.79 Å². The third-order valence-corrected chi connectivity index (χ3v) is 3.88. The number of carbonyl (C=O) groups excluding carboxylic acids is 1. The molecule has 0 radical (unpaired) electrons. The molecule has 92 valence electrons. The van der Waals surface area contributed by atoms with E-state index in [0.717, 1.165) is 18.5 Å². The summed E-state index contributed by atoms with van der Waals surface area (Å²) in [7, 11) is 0. The van der Waals surface area contributed by atoms with Gasteiger partial charge in [-0.15, -0.1) is 0 Å². The van der Waals surface area contributed by atoms with E-state index in [2.05, 4.69) is 20.8 Å². The molecule has 5 heteroatoms. The number of rotatable bonds is 2. The quantitative estimate of drug-likeness (QED) is 0.706. The number of piperidine rings is 1. The van der Waals surface area contributed by atoms with Gasteiger partial charge in [0, 0.05) is 23.8 Å². The molecule has 2 aliphatic rings. The summed E-state index contributed by atoms with van der Waals surface area (Å²) in [4.78, 5) is 12.0. The van der Waals surface area contributed by atoms with Crippen molar-refractivity contribution in [2.45, 2.75) is 50.7 Å². The van der Waals surface area contributed by atoms with Crippen LogP contribution in [-0.2, 0) is 0 Å². The van der Waals surface area contributed by atoms with E-state index in [1.807, 2.05) is 6.92 Å². The van der Waals surface area contributed by atoms with Crippen LogP contribution < -0.4 is 10.6 Å². The van der Waals surface area contributed by atoms with E-state index in [4.69, 9.17) is 0 Å². The largest absolute Gasteiger partial charge is 0.349 e. The molecule has 0 saturated carbocycles. The van der Waals surface area contributed by atoms with Gasteiger partial charge in [-0.25, -0.2) is 0 Å². The van der Waals surface area contributed by atoms with Crippen LogP contribution in [0, 0.1) is 6.92 Å². The number of amides is 1. The third-order valence-electron chi connectivity index (χ3n) is 3.88. The Morgan fingerprint density at radius 1 is 1.41 bits per heavy atom. The molecule has 2 atom stereocenters. The maximum Gasteiger partial charge on any atom is 0.254 e. The van der Waals surface area contributed by atoms with Crippen LogP contribution in [0.1, 0.15) is 41.7 Å². The molecular weight excluding hydrogens is 216 g/mol. The lowest BCUT2D eigenvalue weighted by Gasteiger charge is -2.29. The van der Waals surface area contributed by atoms with Crippen molar-refractivity contribution in [1.82, 2.24) is 20.8 Å². The highest BCUT2D eigenvalue weighted by atomic mass is 16.1. The lowest BCUT2D eigenvalue weighted by molar-refractivity contribution is 0.0923. The third kappa shape index (κ3) is 2.07. The molecule has 3 N–H and O–H groups in total. The number of fused-ring (bicyclic) bond motifs is 2. The fraction of sp³-hybridized carbons (Fsp3) is 0.667. The lowest BCUT2D eigenvalue weighted by atomic mass is 9.99. The van der Waals surface area contributed by atoms with Gasteiger partial charge in [0.05, 0.1) is 11.8 Å². The van der Waals surface area contributed by atoms with Crippen molar-refractivity contribution in [2.24, 2.45) is 0 Å². The molecule has 5 nitrogen and oxygen atoms in total. The van der Waals surface area contributed by atoms with Gasteiger partial charge in [-0.3, -0.25) is 9.89 Å². The van der Waals surface area contributed by atoms with Crippen LogP contribution in [0.4, 0.5) is 0 Å². The van der Waals surface area contributed by atoms with E-state index in [9.17, 15) is 4.79 Å². The SMILES string of the molecule is Cc1[nH]ncc1C(=O)NC1CC2CCC(C1)N2. The van der Waals surface area contributed by atoms with Gasteiger partial charge < -0.3 is 10.6 Å². The first-order valence-electron chi connectivity index (χ1n) is 6.29. The first-order chi connectivity index (χ1) is 8.22. The molecule has 2 saturated heterocycles. The van der Waals surface area contributed by atoms with Crippen molar-refractivity contribution in [3.63, 3.8) is 0 Å². The average molecular weight is 234 g/mol. The normalized spacial score (nSPS) is 31.5. The number of nitrogens with zero attached hydrogens (tertiary/aromatic N) is 1. The molecule has 17 heavy (non-hydrogen) atoms. The average Bonchev–Trinajstić information content (AvgIpc) is 2.85. The standard InChI is InChI=1S/C12H18N4O/c1-7-11(6-13-16-7)12(17)15-10-4-8-2-3-9(5-10)14-8/h6,8-10,14H,2-5H2,1H3,(H,13,16)(H,15,17). The second kappa shape index (κ2) is 4.14. The molecule has 2 aliphatic heterocycles. The molecule has 0 spiro atoms. The summed E-state index contributed by atoms with van der Waals surface area (Å²) in [6.07, 6.45) is 6.21. The number of hydrogen-bond acceptors (Lipinski definition) is 3. The molecule has 1 aromatic heterocycles. The van der Waals surface area contributed by atoms with Crippen LogP contribution in [0.15, 0.2) is 6.20 Å². The Bertz CT molecular complexity index is 416. The van der Waals surface area contributed by atoms with Gasteiger partial charge in [-0.2, -0.15) is 5.10 Å². The first-order valence-corrected chi connectivity index (χ1v) is 6.29. The van der Waals surface area contributed by atoms with Crippen LogP contribution in [0.3, 0.4) is 0 Å². The summed E-state index contributed by atoms with van der Waals surface area (Å²) in [5, 5.41) is 13.4. The predicted octanol–water partition coefficient (Wildman–Crippen LogP) is 0.731. The molecule has 3 rings (SSSR count). The van der Waals surface area contributed by atoms with Gasteiger partial charge >= 0.3 is 0 Å². The smallest absolute Gasteiger partial charge is 0.254 e. The van der Waals surface area contributed by atoms with Crippen molar-refractivity contribution in [3.05, 3.63) is 17.5 Å². The lowest BCUT2D eigenvalue weighted by Crippen LogP contribution is -2.48. The molecule has 2 bridgehead atoms. The van der Waals surface area contributed by atoms with Crippen LogP contribution in [0.25, 0.3) is 0 Å². The number of carbonyl (C=O) groups is 1. The molecule has 2 unspecified atom stereocenters. The monoisotopic (exact) mass is 234 g/mol. The number of H-pyrrole nitrogens is 1. The predicted molar refractivity (Wildman–Crippen MR) is 63.8 cm³/mol. The highest BCUT2D eigenvalue weighted by Crippen LogP contribution is 2.26. The van der Waals surface area contributed by atoms with E-state index < -0.39 is 0 Å². The van der Waals surface area contributed by atoms with Crippen molar-refractivity contribution in [2.75, 3.05) is 0 Å². The van der Waals surface area contributed by atoms with E-state index >= 15 is 0 Å². The Morgan fingerprint density at radius 3 is 2.71 bits per heavy atom. The van der Waals surface area contributed by atoms with Crippen LogP contribution >= 0.6 is 0 Å². The van der Waals surface area contributed by atoms with Crippen LogP contribution in [-0.4, -0.2) is 34.2 Å². The van der Waals surface area contributed by atoms with E-state index in [1.54, 1.807) is 6.20 Å². The summed E-state index contributed by atoms with van der Waals surface area (Å²) >= 11 is 0. The molecule has 0 aromatic carbocycles. The molecule has 0 aliphatic carbocycles. The van der Waals surface area contributed by atoms with Crippen LogP contribution in [0.5, 0.6) is 0 Å². The van der Waals surface area contributed by atoms with E-state index in [-0.39, 0.29) is 5.91 Å². The zero-order valence-corrected chi connectivity index (χ0v) is 9.99. The Kier molecular flexibility index (Phi) is 2.63. The van der Waals surface area contributed by atoms with Crippen molar-refractivity contribution in [3.8, 4) is 0 Å². The number of nitrogens with one attached hydrogen (secondary N) is 3.